The molecule has 0 spiro atoms. The molecule has 0 atom stereocenters. The summed E-state index contributed by atoms with van der Waals surface area (Å²) in [6.07, 6.45) is 2.98. The third kappa shape index (κ3) is 4.05. The summed E-state index contributed by atoms with van der Waals surface area (Å²) in [6, 6.07) is 7.60. The van der Waals surface area contributed by atoms with Crippen molar-refractivity contribution in [1.29, 1.82) is 0 Å². The van der Waals surface area contributed by atoms with Crippen LogP contribution in [0.15, 0.2) is 24.3 Å². The van der Waals surface area contributed by atoms with Gasteiger partial charge in [-0.3, -0.25) is 4.79 Å². The molecule has 1 aliphatic rings. The molecule has 0 bridgehead atoms. The second-order valence-electron chi connectivity index (χ2n) is 6.94. The first-order valence-corrected chi connectivity index (χ1v) is 9.34. The maximum atomic E-state index is 12.9. The van der Waals surface area contributed by atoms with Gasteiger partial charge in [-0.15, -0.1) is 0 Å². The van der Waals surface area contributed by atoms with Crippen molar-refractivity contribution in [3.63, 3.8) is 0 Å². The van der Waals surface area contributed by atoms with E-state index in [4.69, 9.17) is 16.7 Å². The second-order valence-corrected chi connectivity index (χ2v) is 7.37. The molecule has 0 unspecified atom stereocenters. The number of hydrogen-bond donors (Lipinski definition) is 2. The largest absolute Gasteiger partial charge is 0.346 e. The molecule has 0 saturated heterocycles. The maximum absolute atomic E-state index is 12.9. The summed E-state index contributed by atoms with van der Waals surface area (Å²) in [5.41, 5.74) is 3.63. The first-order chi connectivity index (χ1) is 12.0. The lowest BCUT2D eigenvalue weighted by molar-refractivity contribution is -0.856. The van der Waals surface area contributed by atoms with Crippen LogP contribution in [0.25, 0.3) is 5.69 Å². The van der Waals surface area contributed by atoms with E-state index >= 15 is 0 Å². The monoisotopic (exact) mass is 361 g/mol. The minimum Gasteiger partial charge on any atom is -0.346 e. The van der Waals surface area contributed by atoms with E-state index in [1.807, 2.05) is 28.9 Å². The number of nitrogens with one attached hydrogen (secondary N) is 2. The fourth-order valence-electron chi connectivity index (χ4n) is 3.00. The third-order valence-corrected chi connectivity index (χ3v) is 4.77. The van der Waals surface area contributed by atoms with Gasteiger partial charge < -0.3 is 10.2 Å². The lowest BCUT2D eigenvalue weighted by atomic mass is 10.1. The zero-order valence-electron chi connectivity index (χ0n) is 15.1. The van der Waals surface area contributed by atoms with Crippen molar-refractivity contribution < 1.29 is 9.69 Å². The SMILES string of the molecule is CCc1c(C(=O)NCC[NH+](C)C)c(C2CC2)nn1-c1ccc(Cl)cc1. The van der Waals surface area contributed by atoms with E-state index < -0.39 is 0 Å². The Bertz CT molecular complexity index is 748. The van der Waals surface area contributed by atoms with E-state index in [0.29, 0.717) is 17.5 Å². The van der Waals surface area contributed by atoms with Gasteiger partial charge in [0.1, 0.15) is 0 Å². The molecular formula is C19H26ClN4O+. The summed E-state index contributed by atoms with van der Waals surface area (Å²) in [5, 5.41) is 8.58. The standard InChI is InChI=1S/C19H25ClN4O/c1-4-16-17(19(25)21-11-12-23(2)3)18(13-5-6-13)22-24(16)15-9-7-14(20)8-10-15/h7-10,13H,4-6,11-12H2,1-3H3,(H,21,25)/p+1. The van der Waals surface area contributed by atoms with Gasteiger partial charge in [-0.1, -0.05) is 18.5 Å². The second kappa shape index (κ2) is 7.58. The molecule has 1 heterocycles. The summed E-state index contributed by atoms with van der Waals surface area (Å²) < 4.78 is 1.91. The van der Waals surface area contributed by atoms with Crippen LogP contribution in [0.2, 0.25) is 5.02 Å². The Morgan fingerprint density at radius 3 is 2.56 bits per heavy atom. The Balaban J connectivity index is 1.95. The molecule has 1 fully saturated rings. The van der Waals surface area contributed by atoms with Crippen LogP contribution in [-0.4, -0.2) is 42.9 Å². The van der Waals surface area contributed by atoms with Crippen LogP contribution in [0, 0.1) is 0 Å². The van der Waals surface area contributed by atoms with Crippen LogP contribution in [0.5, 0.6) is 0 Å². The van der Waals surface area contributed by atoms with Gasteiger partial charge in [0, 0.05) is 10.9 Å². The zero-order valence-corrected chi connectivity index (χ0v) is 15.9. The predicted molar refractivity (Wildman–Crippen MR) is 99.9 cm³/mol. The molecule has 2 aromatic rings. The summed E-state index contributed by atoms with van der Waals surface area (Å²) in [4.78, 5) is 14.2. The minimum atomic E-state index is 0.000198. The molecule has 2 N–H and O–H groups in total. The molecule has 134 valence electrons. The number of carbonyl (C=O) groups excluding carboxylic acids is 1. The molecule has 0 aliphatic heterocycles. The number of nitrogens with zero attached hydrogens (tertiary/aromatic N) is 2. The van der Waals surface area contributed by atoms with E-state index in [1.54, 1.807) is 0 Å². The highest BCUT2D eigenvalue weighted by Crippen LogP contribution is 2.42. The van der Waals surface area contributed by atoms with Crippen molar-refractivity contribution in [2.45, 2.75) is 32.1 Å². The number of halogens is 1. The van der Waals surface area contributed by atoms with Crippen LogP contribution in [0.3, 0.4) is 0 Å². The van der Waals surface area contributed by atoms with Crippen LogP contribution < -0.4 is 10.2 Å². The molecule has 5 nitrogen and oxygen atoms in total. The van der Waals surface area contributed by atoms with Gasteiger partial charge in [-0.25, -0.2) is 4.68 Å². The highest BCUT2D eigenvalue weighted by Gasteiger charge is 2.34. The quantitative estimate of drug-likeness (QED) is 0.790. The Morgan fingerprint density at radius 2 is 2.00 bits per heavy atom. The Kier molecular flexibility index (Phi) is 5.45. The number of hydrogen-bond acceptors (Lipinski definition) is 2. The van der Waals surface area contributed by atoms with E-state index in [0.717, 1.165) is 48.4 Å². The number of amides is 1. The lowest BCUT2D eigenvalue weighted by Gasteiger charge is -2.10. The van der Waals surface area contributed by atoms with Gasteiger partial charge in [0.15, 0.2) is 0 Å². The first-order valence-electron chi connectivity index (χ1n) is 8.96. The molecule has 6 heteroatoms. The number of rotatable bonds is 7. The molecule has 1 saturated carbocycles. The van der Waals surface area contributed by atoms with Gasteiger partial charge >= 0.3 is 0 Å². The van der Waals surface area contributed by atoms with E-state index in [1.165, 1.54) is 4.90 Å². The van der Waals surface area contributed by atoms with Crippen LogP contribution in [0.1, 0.15) is 47.4 Å². The number of carbonyl (C=O) groups is 1. The molecule has 1 amide bonds. The molecule has 1 aliphatic carbocycles. The number of benzene rings is 1. The van der Waals surface area contributed by atoms with Crippen molar-refractivity contribution in [2.75, 3.05) is 27.2 Å². The molecule has 1 aromatic heterocycles. The zero-order chi connectivity index (χ0) is 18.0. The molecule has 3 rings (SSSR count). The topological polar surface area (TPSA) is 51.4 Å². The number of quaternary nitrogens is 1. The van der Waals surface area contributed by atoms with Gasteiger partial charge in [0.2, 0.25) is 0 Å². The lowest BCUT2D eigenvalue weighted by Crippen LogP contribution is -3.06. The Hall–Kier alpha value is -1.85. The van der Waals surface area contributed by atoms with Crippen molar-refractivity contribution in [3.05, 3.63) is 46.2 Å². The van der Waals surface area contributed by atoms with E-state index in [9.17, 15) is 4.79 Å². The first kappa shape index (κ1) is 18.0. The van der Waals surface area contributed by atoms with Gasteiger partial charge in [-0.05, 0) is 43.5 Å². The van der Waals surface area contributed by atoms with Crippen molar-refractivity contribution in [1.82, 2.24) is 15.1 Å². The average molecular weight is 362 g/mol. The van der Waals surface area contributed by atoms with Crippen molar-refractivity contribution in [2.24, 2.45) is 0 Å². The maximum Gasteiger partial charge on any atom is 0.255 e. The highest BCUT2D eigenvalue weighted by atomic mass is 35.5. The predicted octanol–water partition coefficient (Wildman–Crippen LogP) is 1.84. The Morgan fingerprint density at radius 1 is 1.32 bits per heavy atom. The third-order valence-electron chi connectivity index (χ3n) is 4.52. The van der Waals surface area contributed by atoms with Crippen molar-refractivity contribution in [3.8, 4) is 5.69 Å². The number of likely N-dealkylation sites (N-methyl/N-ethyl adjacent to an activating group) is 1. The summed E-state index contributed by atoms with van der Waals surface area (Å²) >= 11 is 6.01. The highest BCUT2D eigenvalue weighted by molar-refractivity contribution is 6.30. The minimum absolute atomic E-state index is 0.000198. The smallest absolute Gasteiger partial charge is 0.255 e. The molecular weight excluding hydrogens is 336 g/mol. The van der Waals surface area contributed by atoms with Crippen LogP contribution in [0.4, 0.5) is 0 Å². The van der Waals surface area contributed by atoms with Crippen LogP contribution >= 0.6 is 11.6 Å². The molecule has 0 radical (unpaired) electrons. The van der Waals surface area contributed by atoms with E-state index in [2.05, 4.69) is 26.3 Å². The normalized spacial score (nSPS) is 14.1. The van der Waals surface area contributed by atoms with Gasteiger partial charge in [0.25, 0.3) is 5.91 Å². The average Bonchev–Trinajstić information content (AvgIpc) is 3.35. The summed E-state index contributed by atoms with van der Waals surface area (Å²) in [7, 11) is 4.16. The fourth-order valence-corrected chi connectivity index (χ4v) is 3.12. The van der Waals surface area contributed by atoms with Crippen molar-refractivity contribution >= 4 is 17.5 Å². The summed E-state index contributed by atoms with van der Waals surface area (Å²) in [6.45, 7) is 3.64. The fraction of sp³-hybridized carbons (Fsp3) is 0.474. The number of aromatic nitrogens is 2. The van der Waals surface area contributed by atoms with Gasteiger partial charge in [-0.2, -0.15) is 5.10 Å². The molecule has 1 aromatic carbocycles. The Labute approximate surface area is 154 Å². The summed E-state index contributed by atoms with van der Waals surface area (Å²) in [5.74, 6) is 0.416. The molecule has 25 heavy (non-hydrogen) atoms. The van der Waals surface area contributed by atoms with Gasteiger partial charge in [0.05, 0.1) is 49.8 Å². The van der Waals surface area contributed by atoms with Crippen LogP contribution in [-0.2, 0) is 6.42 Å². The van der Waals surface area contributed by atoms with E-state index in [-0.39, 0.29) is 5.91 Å².